The zero-order valence-corrected chi connectivity index (χ0v) is 16.0. The van der Waals surface area contributed by atoms with Gasteiger partial charge in [-0.2, -0.15) is 0 Å². The minimum atomic E-state index is -0.666. The molecule has 1 amide bonds. The molecule has 0 spiro atoms. The highest BCUT2D eigenvalue weighted by Gasteiger charge is 2.35. The first kappa shape index (κ1) is 19.9. The van der Waals surface area contributed by atoms with Gasteiger partial charge in [-0.1, -0.05) is 12.1 Å². The highest BCUT2D eigenvalue weighted by molar-refractivity contribution is 5.94. The highest BCUT2D eigenvalue weighted by Crippen LogP contribution is 2.25. The van der Waals surface area contributed by atoms with E-state index in [1.165, 1.54) is 0 Å². The zero-order valence-electron chi connectivity index (χ0n) is 16.0. The van der Waals surface area contributed by atoms with Crippen LogP contribution in [-0.4, -0.2) is 60.9 Å². The second kappa shape index (κ2) is 8.30. The Balaban J connectivity index is 1.92. The summed E-state index contributed by atoms with van der Waals surface area (Å²) in [6.45, 7) is 5.73. The fourth-order valence-electron chi connectivity index (χ4n) is 3.15. The van der Waals surface area contributed by atoms with Gasteiger partial charge >= 0.3 is 0 Å². The van der Waals surface area contributed by atoms with E-state index in [1.54, 1.807) is 0 Å². The molecule has 0 bridgehead atoms. The van der Waals surface area contributed by atoms with E-state index < -0.39 is 5.60 Å². The summed E-state index contributed by atoms with van der Waals surface area (Å²) in [4.78, 5) is 14.7. The zero-order chi connectivity index (χ0) is 18.5. The van der Waals surface area contributed by atoms with Gasteiger partial charge in [0, 0.05) is 30.9 Å². The van der Waals surface area contributed by atoms with Crippen molar-refractivity contribution in [2.24, 2.45) is 0 Å². The van der Waals surface area contributed by atoms with Gasteiger partial charge in [0.15, 0.2) is 0 Å². The Morgan fingerprint density at radius 2 is 1.84 bits per heavy atom. The number of carbonyl (C=O) groups is 1. The van der Waals surface area contributed by atoms with Gasteiger partial charge in [-0.05, 0) is 71.3 Å². The van der Waals surface area contributed by atoms with Crippen LogP contribution in [0.5, 0.6) is 0 Å². The Morgan fingerprint density at radius 3 is 2.36 bits per heavy atom. The van der Waals surface area contributed by atoms with Crippen LogP contribution in [0.4, 0.5) is 0 Å². The van der Waals surface area contributed by atoms with Gasteiger partial charge < -0.3 is 20.1 Å². The molecular weight excluding hydrogens is 316 g/mol. The average Bonchev–Trinajstić information content (AvgIpc) is 2.58. The Kier molecular flexibility index (Phi) is 6.60. The molecule has 1 saturated heterocycles. The second-order valence-electron chi connectivity index (χ2n) is 7.92. The van der Waals surface area contributed by atoms with Crippen molar-refractivity contribution in [2.45, 2.75) is 50.7 Å². The SMILES string of the molecule is CN(C)C1(CNC(=O)c2ccc(CCC(C)(C)O)cc2)CCOCC1. The van der Waals surface area contributed by atoms with Crippen LogP contribution in [0.3, 0.4) is 0 Å². The van der Waals surface area contributed by atoms with Crippen molar-refractivity contribution in [3.8, 4) is 0 Å². The van der Waals surface area contributed by atoms with Crippen molar-refractivity contribution < 1.29 is 14.6 Å². The predicted octanol–water partition coefficient (Wildman–Crippen LogP) is 2.23. The number of hydrogen-bond acceptors (Lipinski definition) is 4. The van der Waals surface area contributed by atoms with Crippen LogP contribution >= 0.6 is 0 Å². The normalized spacial score (nSPS) is 17.5. The van der Waals surface area contributed by atoms with Crippen LogP contribution in [-0.2, 0) is 11.2 Å². The molecule has 0 aromatic heterocycles. The summed E-state index contributed by atoms with van der Waals surface area (Å²) in [6.07, 6.45) is 3.35. The topological polar surface area (TPSA) is 61.8 Å². The molecule has 0 aliphatic carbocycles. The highest BCUT2D eigenvalue weighted by atomic mass is 16.5. The third-order valence-electron chi connectivity index (χ3n) is 5.19. The third kappa shape index (κ3) is 5.80. The van der Waals surface area contributed by atoms with Gasteiger partial charge in [0.2, 0.25) is 0 Å². The fraction of sp³-hybridized carbons (Fsp3) is 0.650. The number of ether oxygens (including phenoxy) is 1. The van der Waals surface area contributed by atoms with Crippen LogP contribution in [0.25, 0.3) is 0 Å². The number of likely N-dealkylation sites (N-methyl/N-ethyl adjacent to an activating group) is 1. The van der Waals surface area contributed by atoms with E-state index in [1.807, 2.05) is 38.1 Å². The molecule has 1 aromatic carbocycles. The lowest BCUT2D eigenvalue weighted by Crippen LogP contribution is -2.55. The number of carbonyl (C=O) groups excluding carboxylic acids is 1. The maximum atomic E-state index is 12.5. The molecule has 0 radical (unpaired) electrons. The minimum Gasteiger partial charge on any atom is -0.390 e. The van der Waals surface area contributed by atoms with E-state index in [2.05, 4.69) is 24.3 Å². The molecule has 0 unspecified atom stereocenters. The standard InChI is InChI=1S/C20H32N2O3/c1-19(2,24)10-9-16-5-7-17(8-6-16)18(23)21-15-20(22(3)4)11-13-25-14-12-20/h5-8,24H,9-15H2,1-4H3,(H,21,23). The number of aryl methyl sites for hydroxylation is 1. The monoisotopic (exact) mass is 348 g/mol. The summed E-state index contributed by atoms with van der Waals surface area (Å²) in [5.41, 5.74) is 1.11. The first-order chi connectivity index (χ1) is 11.7. The van der Waals surface area contributed by atoms with Crippen molar-refractivity contribution in [3.05, 3.63) is 35.4 Å². The summed E-state index contributed by atoms with van der Waals surface area (Å²) < 4.78 is 5.47. The number of amides is 1. The molecule has 5 heteroatoms. The quantitative estimate of drug-likeness (QED) is 0.793. The molecule has 5 nitrogen and oxygen atoms in total. The Bertz CT molecular complexity index is 555. The van der Waals surface area contributed by atoms with Gasteiger partial charge in [0.1, 0.15) is 0 Å². The first-order valence-electron chi connectivity index (χ1n) is 9.07. The smallest absolute Gasteiger partial charge is 0.251 e. The number of nitrogens with zero attached hydrogens (tertiary/aromatic N) is 1. The van der Waals surface area contributed by atoms with Crippen LogP contribution in [0.2, 0.25) is 0 Å². The van der Waals surface area contributed by atoms with Gasteiger partial charge in [0.25, 0.3) is 5.91 Å². The van der Waals surface area contributed by atoms with E-state index in [4.69, 9.17) is 4.74 Å². The Hall–Kier alpha value is -1.43. The number of hydrogen-bond donors (Lipinski definition) is 2. The van der Waals surface area contributed by atoms with E-state index >= 15 is 0 Å². The number of benzene rings is 1. The summed E-state index contributed by atoms with van der Waals surface area (Å²) >= 11 is 0. The maximum Gasteiger partial charge on any atom is 0.251 e. The first-order valence-corrected chi connectivity index (χ1v) is 9.07. The lowest BCUT2D eigenvalue weighted by atomic mass is 9.88. The predicted molar refractivity (Wildman–Crippen MR) is 99.9 cm³/mol. The largest absolute Gasteiger partial charge is 0.390 e. The van der Waals surface area contributed by atoms with Crippen molar-refractivity contribution in [1.29, 1.82) is 0 Å². The van der Waals surface area contributed by atoms with E-state index in [-0.39, 0.29) is 11.4 Å². The van der Waals surface area contributed by atoms with Crippen molar-refractivity contribution in [2.75, 3.05) is 33.9 Å². The molecule has 1 aromatic rings. The van der Waals surface area contributed by atoms with Crippen LogP contribution in [0.1, 0.15) is 49.0 Å². The number of nitrogens with one attached hydrogen (secondary N) is 1. The maximum absolute atomic E-state index is 12.5. The lowest BCUT2D eigenvalue weighted by molar-refractivity contribution is -0.00657. The molecule has 1 heterocycles. The van der Waals surface area contributed by atoms with Gasteiger partial charge in [-0.25, -0.2) is 0 Å². The molecule has 140 valence electrons. The molecule has 2 N–H and O–H groups in total. The molecule has 25 heavy (non-hydrogen) atoms. The van der Waals surface area contributed by atoms with Crippen molar-refractivity contribution in [3.63, 3.8) is 0 Å². The second-order valence-corrected chi connectivity index (χ2v) is 7.92. The third-order valence-corrected chi connectivity index (χ3v) is 5.19. The summed E-state index contributed by atoms with van der Waals surface area (Å²) in [7, 11) is 4.13. The number of aliphatic hydroxyl groups is 1. The van der Waals surface area contributed by atoms with Crippen LogP contribution in [0.15, 0.2) is 24.3 Å². The van der Waals surface area contributed by atoms with Gasteiger partial charge in [-0.15, -0.1) is 0 Å². The molecular formula is C20H32N2O3. The average molecular weight is 348 g/mol. The molecule has 2 rings (SSSR count). The minimum absolute atomic E-state index is 0.0272. The molecule has 0 saturated carbocycles. The van der Waals surface area contributed by atoms with Crippen LogP contribution in [0, 0.1) is 0 Å². The van der Waals surface area contributed by atoms with Crippen molar-refractivity contribution in [1.82, 2.24) is 10.2 Å². The Labute approximate surface area is 151 Å². The molecule has 1 aliphatic rings. The van der Waals surface area contributed by atoms with E-state index in [0.717, 1.165) is 38.0 Å². The molecule has 1 aliphatic heterocycles. The lowest BCUT2D eigenvalue weighted by Gasteiger charge is -2.42. The molecule has 0 atom stereocenters. The van der Waals surface area contributed by atoms with Gasteiger partial charge in [-0.3, -0.25) is 4.79 Å². The Morgan fingerprint density at radius 1 is 1.24 bits per heavy atom. The summed E-state index contributed by atoms with van der Waals surface area (Å²) in [6, 6.07) is 7.66. The van der Waals surface area contributed by atoms with Crippen molar-refractivity contribution >= 4 is 5.91 Å². The van der Waals surface area contributed by atoms with Gasteiger partial charge in [0.05, 0.1) is 5.60 Å². The van der Waals surface area contributed by atoms with Crippen LogP contribution < -0.4 is 5.32 Å². The summed E-state index contributed by atoms with van der Waals surface area (Å²) in [5, 5.41) is 12.9. The number of rotatable bonds is 7. The van der Waals surface area contributed by atoms with E-state index in [0.29, 0.717) is 18.5 Å². The van der Waals surface area contributed by atoms with E-state index in [9.17, 15) is 9.90 Å². The fourth-order valence-corrected chi connectivity index (χ4v) is 3.15. The summed E-state index contributed by atoms with van der Waals surface area (Å²) in [5.74, 6) is -0.0400. The molecule has 1 fully saturated rings.